The van der Waals surface area contributed by atoms with Crippen molar-refractivity contribution in [3.63, 3.8) is 0 Å². The maximum absolute atomic E-state index is 11.6. The van der Waals surface area contributed by atoms with Gasteiger partial charge in [0.05, 0.1) is 19.8 Å². The van der Waals surface area contributed by atoms with Crippen LogP contribution < -0.4 is 0 Å². The molecular formula is C14H21N3O3. The summed E-state index contributed by atoms with van der Waals surface area (Å²) >= 11 is 0. The molecule has 6 heteroatoms. The molecule has 3 heterocycles. The van der Waals surface area contributed by atoms with Gasteiger partial charge in [-0.05, 0) is 32.0 Å². The highest BCUT2D eigenvalue weighted by Gasteiger charge is 2.35. The number of likely N-dealkylation sites (tertiary alicyclic amines) is 1. The molecule has 0 aromatic carbocycles. The Morgan fingerprint density at radius 2 is 2.15 bits per heavy atom. The number of hydrogen-bond donors (Lipinski definition) is 1. The first kappa shape index (κ1) is 13.6. The van der Waals surface area contributed by atoms with E-state index in [-0.39, 0.29) is 18.6 Å². The summed E-state index contributed by atoms with van der Waals surface area (Å²) in [5, 5.41) is 13.3. The Bertz CT molecular complexity index is 466. The molecule has 0 bridgehead atoms. The van der Waals surface area contributed by atoms with Gasteiger partial charge < -0.3 is 9.84 Å². The average Bonchev–Trinajstić information content (AvgIpc) is 3.09. The highest BCUT2D eigenvalue weighted by atomic mass is 16.5. The zero-order valence-corrected chi connectivity index (χ0v) is 11.6. The largest absolute Gasteiger partial charge is 0.464 e. The molecule has 1 aromatic rings. The first-order valence-corrected chi connectivity index (χ1v) is 7.33. The minimum absolute atomic E-state index is 0.0293. The molecule has 0 radical (unpaired) electrons. The fourth-order valence-electron chi connectivity index (χ4n) is 3.30. The minimum Gasteiger partial charge on any atom is -0.464 e. The Kier molecular flexibility index (Phi) is 4.03. The van der Waals surface area contributed by atoms with Crippen LogP contribution in [0.1, 0.15) is 30.9 Å². The molecule has 3 rings (SSSR count). The van der Waals surface area contributed by atoms with Gasteiger partial charge in [-0.25, -0.2) is 0 Å². The summed E-state index contributed by atoms with van der Waals surface area (Å²) in [6.45, 7) is 3.08. The summed E-state index contributed by atoms with van der Waals surface area (Å²) in [4.78, 5) is 13.9. The van der Waals surface area contributed by atoms with Gasteiger partial charge in [0.2, 0.25) is 0 Å². The number of piperidine rings is 1. The second kappa shape index (κ2) is 5.93. The number of carbonyl (C=O) groups excluding carboxylic acids is 1. The van der Waals surface area contributed by atoms with Crippen molar-refractivity contribution in [2.75, 3.05) is 26.3 Å². The molecule has 0 unspecified atom stereocenters. The second-order valence-corrected chi connectivity index (χ2v) is 5.49. The van der Waals surface area contributed by atoms with E-state index in [9.17, 15) is 4.79 Å². The van der Waals surface area contributed by atoms with Gasteiger partial charge in [-0.2, -0.15) is 5.10 Å². The van der Waals surface area contributed by atoms with Crippen LogP contribution in [0.15, 0.2) is 12.3 Å². The van der Waals surface area contributed by atoms with Gasteiger partial charge in [-0.1, -0.05) is 0 Å². The molecule has 2 aliphatic rings. The average molecular weight is 279 g/mol. The van der Waals surface area contributed by atoms with Crippen LogP contribution in [0.5, 0.6) is 0 Å². The summed E-state index contributed by atoms with van der Waals surface area (Å²) in [5.41, 5.74) is 1.20. The Hall–Kier alpha value is -1.40. The normalized spacial score (nSPS) is 25.1. The van der Waals surface area contributed by atoms with Crippen LogP contribution in [0.2, 0.25) is 0 Å². The summed E-state index contributed by atoms with van der Waals surface area (Å²) in [7, 11) is 0. The van der Waals surface area contributed by atoms with Gasteiger partial charge in [-0.15, -0.1) is 0 Å². The van der Waals surface area contributed by atoms with Crippen molar-refractivity contribution in [2.45, 2.75) is 37.8 Å². The van der Waals surface area contributed by atoms with E-state index in [1.54, 1.807) is 6.20 Å². The number of aliphatic hydroxyl groups excluding tert-OH is 1. The van der Waals surface area contributed by atoms with Crippen molar-refractivity contribution in [1.82, 2.24) is 14.7 Å². The summed E-state index contributed by atoms with van der Waals surface area (Å²) in [6.07, 6.45) is 4.68. The van der Waals surface area contributed by atoms with E-state index in [1.165, 1.54) is 5.69 Å². The number of rotatable bonds is 4. The van der Waals surface area contributed by atoms with Crippen LogP contribution in [-0.4, -0.2) is 58.1 Å². The molecule has 2 aliphatic heterocycles. The molecule has 1 atom stereocenters. The minimum atomic E-state index is -0.0613. The monoisotopic (exact) mass is 279 g/mol. The van der Waals surface area contributed by atoms with Crippen LogP contribution in [-0.2, 0) is 16.1 Å². The van der Waals surface area contributed by atoms with E-state index in [2.05, 4.69) is 10.00 Å². The summed E-state index contributed by atoms with van der Waals surface area (Å²) in [6, 6.07) is 2.01. The number of cyclic esters (lactones) is 1. The molecule has 0 aliphatic carbocycles. The Balaban J connectivity index is 1.60. The Morgan fingerprint density at radius 3 is 2.80 bits per heavy atom. The zero-order chi connectivity index (χ0) is 13.9. The van der Waals surface area contributed by atoms with Crippen LogP contribution in [0, 0.1) is 0 Å². The maximum atomic E-state index is 11.6. The van der Waals surface area contributed by atoms with Crippen molar-refractivity contribution in [2.24, 2.45) is 0 Å². The van der Waals surface area contributed by atoms with Crippen molar-refractivity contribution in [3.8, 4) is 0 Å². The molecule has 1 aromatic heterocycles. The van der Waals surface area contributed by atoms with Crippen molar-refractivity contribution in [1.29, 1.82) is 0 Å². The predicted octanol–water partition coefficient (Wildman–Crippen LogP) is 0.370. The molecule has 2 fully saturated rings. The van der Waals surface area contributed by atoms with Crippen LogP contribution in [0.4, 0.5) is 0 Å². The highest BCUT2D eigenvalue weighted by Crippen LogP contribution is 2.30. The van der Waals surface area contributed by atoms with Gasteiger partial charge >= 0.3 is 5.97 Å². The fourth-order valence-corrected chi connectivity index (χ4v) is 3.30. The zero-order valence-electron chi connectivity index (χ0n) is 11.6. The number of aromatic nitrogens is 2. The number of carbonyl (C=O) groups is 1. The molecule has 20 heavy (non-hydrogen) atoms. The molecule has 110 valence electrons. The van der Waals surface area contributed by atoms with Crippen LogP contribution >= 0.6 is 0 Å². The first-order valence-electron chi connectivity index (χ1n) is 7.33. The Labute approximate surface area is 118 Å². The van der Waals surface area contributed by atoms with Crippen LogP contribution in [0.3, 0.4) is 0 Å². The third kappa shape index (κ3) is 2.58. The number of esters is 1. The number of aliphatic hydroxyl groups is 1. The topological polar surface area (TPSA) is 67.6 Å². The van der Waals surface area contributed by atoms with Gasteiger partial charge in [0.1, 0.15) is 6.04 Å². The molecule has 6 nitrogen and oxygen atoms in total. The van der Waals surface area contributed by atoms with E-state index in [0.717, 1.165) is 32.4 Å². The van der Waals surface area contributed by atoms with E-state index in [0.29, 0.717) is 19.1 Å². The van der Waals surface area contributed by atoms with Crippen molar-refractivity contribution < 1.29 is 14.6 Å². The molecular weight excluding hydrogens is 258 g/mol. The van der Waals surface area contributed by atoms with Gasteiger partial charge in [-0.3, -0.25) is 14.4 Å². The molecule has 0 amide bonds. The number of ether oxygens (including phenoxy) is 1. The smallest absolute Gasteiger partial charge is 0.323 e. The molecule has 2 saturated heterocycles. The van der Waals surface area contributed by atoms with Crippen LogP contribution in [0.25, 0.3) is 0 Å². The summed E-state index contributed by atoms with van der Waals surface area (Å²) in [5.74, 6) is 0.409. The molecule has 1 N–H and O–H groups in total. The second-order valence-electron chi connectivity index (χ2n) is 5.49. The third-order valence-corrected chi connectivity index (χ3v) is 4.36. The lowest BCUT2D eigenvalue weighted by Gasteiger charge is -2.34. The first-order chi connectivity index (χ1) is 9.79. The lowest BCUT2D eigenvalue weighted by molar-refractivity contribution is -0.142. The number of hydrogen-bond acceptors (Lipinski definition) is 5. The number of nitrogens with zero attached hydrogens (tertiary/aromatic N) is 3. The Morgan fingerprint density at radius 1 is 1.35 bits per heavy atom. The quantitative estimate of drug-likeness (QED) is 0.807. The lowest BCUT2D eigenvalue weighted by atomic mass is 9.92. The van der Waals surface area contributed by atoms with Gasteiger partial charge in [0, 0.05) is 24.2 Å². The fraction of sp³-hybridized carbons (Fsp3) is 0.714. The van der Waals surface area contributed by atoms with E-state index in [4.69, 9.17) is 9.84 Å². The standard InChI is InChI=1S/C14H21N3O3/c18-9-8-17-12(1-5-15-17)11-2-6-16(7-3-11)13-4-10-20-14(13)19/h1,5,11,13,18H,2-4,6-10H2/t13-/m1/s1. The molecule has 0 spiro atoms. The third-order valence-electron chi connectivity index (χ3n) is 4.36. The highest BCUT2D eigenvalue weighted by molar-refractivity contribution is 5.77. The van der Waals surface area contributed by atoms with Crippen molar-refractivity contribution in [3.05, 3.63) is 18.0 Å². The lowest BCUT2D eigenvalue weighted by Crippen LogP contribution is -2.43. The van der Waals surface area contributed by atoms with Crippen molar-refractivity contribution >= 4 is 5.97 Å². The molecule has 0 saturated carbocycles. The van der Waals surface area contributed by atoms with E-state index < -0.39 is 0 Å². The van der Waals surface area contributed by atoms with E-state index >= 15 is 0 Å². The van der Waals surface area contributed by atoms with E-state index in [1.807, 2.05) is 10.7 Å². The van der Waals surface area contributed by atoms with Gasteiger partial charge in [0.25, 0.3) is 0 Å². The SMILES string of the molecule is O=C1OCC[C@H]1N1CCC(c2ccnn2CCO)CC1. The maximum Gasteiger partial charge on any atom is 0.323 e. The summed E-state index contributed by atoms with van der Waals surface area (Å²) < 4.78 is 6.94. The predicted molar refractivity (Wildman–Crippen MR) is 72.2 cm³/mol. The van der Waals surface area contributed by atoms with Gasteiger partial charge in [0.15, 0.2) is 0 Å².